The van der Waals surface area contributed by atoms with Crippen LogP contribution in [-0.4, -0.2) is 20.1 Å². The molecule has 1 aromatic carbocycles. The third kappa shape index (κ3) is 4.07. The molecule has 0 saturated heterocycles. The number of aromatic nitrogens is 3. The quantitative estimate of drug-likeness (QED) is 0.653. The SMILES string of the molecule is Cc1nnc(NC(=O)CCCCCn2sc3ccccc3c2=O)s1. The third-order valence-corrected chi connectivity index (χ3v) is 5.47. The standard InChI is InChI=1S/C16H18N4O2S2/c1-11-18-19-16(23-11)17-14(21)9-3-2-6-10-20-15(22)12-7-4-5-8-13(12)24-20/h4-5,7-8H,2-3,6,9-10H2,1H3,(H,17,19,21). The number of fused-ring (bicyclic) bond motifs is 1. The van der Waals surface area contributed by atoms with Gasteiger partial charge in [-0.05, 0) is 31.9 Å². The highest BCUT2D eigenvalue weighted by molar-refractivity contribution is 7.15. The van der Waals surface area contributed by atoms with Crippen LogP contribution in [0.3, 0.4) is 0 Å². The van der Waals surface area contributed by atoms with Crippen molar-refractivity contribution in [3.05, 3.63) is 39.6 Å². The fourth-order valence-corrected chi connectivity index (χ4v) is 4.05. The van der Waals surface area contributed by atoms with Gasteiger partial charge in [0.2, 0.25) is 11.0 Å². The second-order valence-electron chi connectivity index (χ2n) is 5.48. The summed E-state index contributed by atoms with van der Waals surface area (Å²) in [6, 6.07) is 7.67. The Hall–Kier alpha value is -2.06. The first-order chi connectivity index (χ1) is 11.6. The Bertz CT molecular complexity index is 897. The second-order valence-corrected chi connectivity index (χ2v) is 7.72. The highest BCUT2D eigenvalue weighted by Gasteiger charge is 2.08. The number of rotatable bonds is 7. The minimum absolute atomic E-state index is 0.0369. The minimum Gasteiger partial charge on any atom is -0.301 e. The number of hydrogen-bond donors (Lipinski definition) is 1. The zero-order chi connectivity index (χ0) is 16.9. The van der Waals surface area contributed by atoms with Crippen molar-refractivity contribution >= 4 is 44.0 Å². The van der Waals surface area contributed by atoms with E-state index >= 15 is 0 Å². The molecule has 0 saturated carbocycles. The average molecular weight is 362 g/mol. The van der Waals surface area contributed by atoms with E-state index < -0.39 is 0 Å². The molecular weight excluding hydrogens is 344 g/mol. The molecule has 0 atom stereocenters. The van der Waals surface area contributed by atoms with Crippen molar-refractivity contribution in [2.45, 2.75) is 39.2 Å². The molecule has 126 valence electrons. The van der Waals surface area contributed by atoms with Crippen molar-refractivity contribution < 1.29 is 4.79 Å². The van der Waals surface area contributed by atoms with Crippen LogP contribution in [0.5, 0.6) is 0 Å². The lowest BCUT2D eigenvalue weighted by molar-refractivity contribution is -0.116. The summed E-state index contributed by atoms with van der Waals surface area (Å²) in [5.74, 6) is -0.0369. The Kier molecular flexibility index (Phi) is 5.37. The van der Waals surface area contributed by atoms with Crippen LogP contribution < -0.4 is 10.9 Å². The van der Waals surface area contributed by atoms with Crippen LogP contribution in [-0.2, 0) is 11.3 Å². The van der Waals surface area contributed by atoms with Gasteiger partial charge in [0.1, 0.15) is 5.01 Å². The molecule has 8 heteroatoms. The number of amides is 1. The Balaban J connectivity index is 1.41. The summed E-state index contributed by atoms with van der Waals surface area (Å²) in [4.78, 5) is 24.0. The van der Waals surface area contributed by atoms with E-state index in [1.54, 1.807) is 3.96 Å². The van der Waals surface area contributed by atoms with Gasteiger partial charge in [-0.3, -0.25) is 13.5 Å². The molecule has 0 spiro atoms. The van der Waals surface area contributed by atoms with E-state index in [-0.39, 0.29) is 11.5 Å². The Morgan fingerprint density at radius 2 is 2.04 bits per heavy atom. The van der Waals surface area contributed by atoms with Crippen LogP contribution in [0, 0.1) is 6.92 Å². The predicted octanol–water partition coefficient (Wildman–Crippen LogP) is 3.42. The van der Waals surface area contributed by atoms with Crippen LogP contribution in [0.15, 0.2) is 29.1 Å². The van der Waals surface area contributed by atoms with E-state index in [0.29, 0.717) is 18.1 Å². The number of benzene rings is 1. The number of anilines is 1. The maximum Gasteiger partial charge on any atom is 0.268 e. The van der Waals surface area contributed by atoms with Crippen molar-refractivity contribution in [2.75, 3.05) is 5.32 Å². The van der Waals surface area contributed by atoms with Gasteiger partial charge in [-0.1, -0.05) is 41.4 Å². The number of carbonyl (C=O) groups is 1. The number of nitrogens with one attached hydrogen (secondary N) is 1. The summed E-state index contributed by atoms with van der Waals surface area (Å²) in [6.07, 6.45) is 3.05. The molecule has 0 aliphatic heterocycles. The summed E-state index contributed by atoms with van der Waals surface area (Å²) < 4.78 is 2.82. The lowest BCUT2D eigenvalue weighted by Gasteiger charge is -2.02. The monoisotopic (exact) mass is 362 g/mol. The lowest BCUT2D eigenvalue weighted by atomic mass is 10.2. The summed E-state index contributed by atoms with van der Waals surface area (Å²) in [5.41, 5.74) is 0.0833. The van der Waals surface area contributed by atoms with Crippen LogP contribution in [0.2, 0.25) is 0 Å². The Morgan fingerprint density at radius 1 is 1.21 bits per heavy atom. The largest absolute Gasteiger partial charge is 0.301 e. The van der Waals surface area contributed by atoms with Crippen LogP contribution >= 0.6 is 22.9 Å². The Labute approximate surface area is 147 Å². The molecule has 0 aliphatic carbocycles. The molecule has 0 bridgehead atoms. The first-order valence-corrected chi connectivity index (χ1v) is 9.41. The summed E-state index contributed by atoms with van der Waals surface area (Å²) in [6.45, 7) is 2.55. The highest BCUT2D eigenvalue weighted by Crippen LogP contribution is 2.17. The average Bonchev–Trinajstić information content (AvgIpc) is 3.11. The molecule has 6 nitrogen and oxygen atoms in total. The number of aryl methyl sites for hydroxylation is 2. The van der Waals surface area contributed by atoms with Crippen molar-refractivity contribution in [3.63, 3.8) is 0 Å². The molecule has 0 aliphatic rings. The van der Waals surface area contributed by atoms with Gasteiger partial charge in [0.15, 0.2) is 0 Å². The smallest absolute Gasteiger partial charge is 0.268 e. The van der Waals surface area contributed by atoms with Gasteiger partial charge in [-0.25, -0.2) is 0 Å². The van der Waals surface area contributed by atoms with Crippen LogP contribution in [0.25, 0.3) is 10.1 Å². The first-order valence-electron chi connectivity index (χ1n) is 7.82. The van der Waals surface area contributed by atoms with Crippen molar-refractivity contribution in [3.8, 4) is 0 Å². The number of carbonyl (C=O) groups excluding carboxylic acids is 1. The van der Waals surface area contributed by atoms with E-state index in [0.717, 1.165) is 34.4 Å². The normalized spacial score (nSPS) is 11.0. The molecular formula is C16H18N4O2S2. The van der Waals surface area contributed by atoms with Crippen LogP contribution in [0.1, 0.15) is 30.7 Å². The van der Waals surface area contributed by atoms with Crippen molar-refractivity contribution in [1.82, 2.24) is 14.2 Å². The zero-order valence-corrected chi connectivity index (χ0v) is 15.0. The van der Waals surface area contributed by atoms with E-state index in [4.69, 9.17) is 0 Å². The van der Waals surface area contributed by atoms with Gasteiger partial charge in [0.05, 0.1) is 10.1 Å². The summed E-state index contributed by atoms with van der Waals surface area (Å²) in [5, 5.41) is 12.7. The predicted molar refractivity (Wildman–Crippen MR) is 97.8 cm³/mol. The second kappa shape index (κ2) is 7.67. The molecule has 1 amide bonds. The molecule has 0 unspecified atom stereocenters. The maximum atomic E-state index is 12.2. The molecule has 24 heavy (non-hydrogen) atoms. The number of hydrogen-bond acceptors (Lipinski definition) is 6. The molecule has 3 aromatic rings. The van der Waals surface area contributed by atoms with Gasteiger partial charge >= 0.3 is 0 Å². The van der Waals surface area contributed by atoms with Crippen molar-refractivity contribution in [1.29, 1.82) is 0 Å². The Morgan fingerprint density at radius 3 is 2.79 bits per heavy atom. The third-order valence-electron chi connectivity index (χ3n) is 3.59. The van der Waals surface area contributed by atoms with Gasteiger partial charge in [-0.2, -0.15) is 0 Å². The summed E-state index contributed by atoms with van der Waals surface area (Å²) >= 11 is 2.87. The van der Waals surface area contributed by atoms with Gasteiger partial charge in [0, 0.05) is 13.0 Å². The van der Waals surface area contributed by atoms with Gasteiger partial charge in [0.25, 0.3) is 5.56 Å². The molecule has 3 rings (SSSR count). The van der Waals surface area contributed by atoms with Crippen molar-refractivity contribution in [2.24, 2.45) is 0 Å². The minimum atomic E-state index is -0.0369. The van der Waals surface area contributed by atoms with Gasteiger partial charge < -0.3 is 5.32 Å². The van der Waals surface area contributed by atoms with E-state index in [1.807, 2.05) is 31.2 Å². The molecule has 2 heterocycles. The summed E-state index contributed by atoms with van der Waals surface area (Å²) in [7, 11) is 0. The fourth-order valence-electron chi connectivity index (χ4n) is 2.41. The first kappa shape index (κ1) is 16.8. The highest BCUT2D eigenvalue weighted by atomic mass is 32.1. The van der Waals surface area contributed by atoms with E-state index in [2.05, 4.69) is 15.5 Å². The number of nitrogens with zero attached hydrogens (tertiary/aromatic N) is 3. The van der Waals surface area contributed by atoms with Crippen LogP contribution in [0.4, 0.5) is 5.13 Å². The zero-order valence-electron chi connectivity index (χ0n) is 13.3. The molecule has 1 N–H and O–H groups in total. The number of unbranched alkanes of at least 4 members (excludes halogenated alkanes) is 2. The van der Waals surface area contributed by atoms with E-state index in [1.165, 1.54) is 22.9 Å². The van der Waals surface area contributed by atoms with E-state index in [9.17, 15) is 9.59 Å². The lowest BCUT2D eigenvalue weighted by Crippen LogP contribution is -2.13. The van der Waals surface area contributed by atoms with Gasteiger partial charge in [-0.15, -0.1) is 10.2 Å². The molecule has 0 fully saturated rings. The maximum absolute atomic E-state index is 12.2. The fraction of sp³-hybridized carbons (Fsp3) is 0.375. The molecule has 2 aromatic heterocycles. The topological polar surface area (TPSA) is 76.9 Å². The molecule has 0 radical (unpaired) electrons.